The van der Waals surface area contributed by atoms with E-state index in [-0.39, 0.29) is 0 Å². The van der Waals surface area contributed by atoms with Crippen molar-refractivity contribution in [3.8, 4) is 56.4 Å². The second-order valence-electron chi connectivity index (χ2n) is 16.2. The Morgan fingerprint density at radius 1 is 0.317 bits per heavy atom. The highest BCUT2D eigenvalue weighted by molar-refractivity contribution is 6.13. The molecule has 294 valence electrons. The van der Waals surface area contributed by atoms with Crippen molar-refractivity contribution in [1.82, 2.24) is 15.0 Å². The summed E-state index contributed by atoms with van der Waals surface area (Å²) >= 11 is 0. The van der Waals surface area contributed by atoms with Crippen LogP contribution in [0.25, 0.3) is 100 Å². The molecule has 0 atom stereocenters. The molecule has 0 bridgehead atoms. The fraction of sp³-hybridized carbons (Fsp3) is 0.0172. The van der Waals surface area contributed by atoms with Crippen LogP contribution < -0.4 is 0 Å². The molecule has 0 unspecified atom stereocenters. The second-order valence-corrected chi connectivity index (χ2v) is 16.2. The number of rotatable bonds is 6. The molecule has 0 saturated carbocycles. The van der Waals surface area contributed by atoms with Crippen molar-refractivity contribution in [2.24, 2.45) is 0 Å². The van der Waals surface area contributed by atoms with Crippen molar-refractivity contribution < 1.29 is 8.83 Å². The van der Waals surface area contributed by atoms with Gasteiger partial charge in [-0.15, -0.1) is 0 Å². The van der Waals surface area contributed by atoms with E-state index < -0.39 is 5.41 Å². The summed E-state index contributed by atoms with van der Waals surface area (Å²) in [6, 6.07) is 74.7. The van der Waals surface area contributed by atoms with Gasteiger partial charge in [-0.2, -0.15) is 0 Å². The van der Waals surface area contributed by atoms with Crippen molar-refractivity contribution in [2.75, 3.05) is 0 Å². The van der Waals surface area contributed by atoms with Crippen LogP contribution in [0.5, 0.6) is 0 Å². The van der Waals surface area contributed by atoms with E-state index in [1.165, 1.54) is 33.4 Å². The van der Waals surface area contributed by atoms with Gasteiger partial charge in [0.05, 0.1) is 5.41 Å². The molecule has 0 aliphatic heterocycles. The van der Waals surface area contributed by atoms with Gasteiger partial charge in [-0.3, -0.25) is 0 Å². The van der Waals surface area contributed by atoms with Crippen LogP contribution in [-0.2, 0) is 5.41 Å². The van der Waals surface area contributed by atoms with Crippen LogP contribution in [0.4, 0.5) is 0 Å². The van der Waals surface area contributed by atoms with E-state index in [0.717, 1.165) is 71.7 Å². The first kappa shape index (κ1) is 35.4. The lowest BCUT2D eigenvalue weighted by Crippen LogP contribution is -2.28. The Morgan fingerprint density at radius 3 is 1.68 bits per heavy atom. The molecule has 0 spiro atoms. The maximum atomic E-state index is 6.63. The number of fused-ring (bicyclic) bond motifs is 9. The average Bonchev–Trinajstić information content (AvgIpc) is 4.02. The van der Waals surface area contributed by atoms with Crippen LogP contribution in [0.3, 0.4) is 0 Å². The molecule has 1 aliphatic carbocycles. The van der Waals surface area contributed by atoms with Crippen molar-refractivity contribution in [2.45, 2.75) is 5.41 Å². The summed E-state index contributed by atoms with van der Waals surface area (Å²) in [5.74, 6) is 1.71. The molecule has 5 heteroatoms. The summed E-state index contributed by atoms with van der Waals surface area (Å²) in [5, 5.41) is 4.07. The highest BCUT2D eigenvalue weighted by atomic mass is 16.3. The summed E-state index contributed by atoms with van der Waals surface area (Å²) in [4.78, 5) is 15.5. The zero-order chi connectivity index (χ0) is 41.5. The van der Waals surface area contributed by atoms with Gasteiger partial charge in [0.2, 0.25) is 0 Å². The van der Waals surface area contributed by atoms with Crippen molar-refractivity contribution >= 4 is 43.9 Å². The number of hydrogen-bond acceptors (Lipinski definition) is 5. The van der Waals surface area contributed by atoms with Gasteiger partial charge >= 0.3 is 0 Å². The van der Waals surface area contributed by atoms with E-state index in [1.807, 2.05) is 66.7 Å². The topological polar surface area (TPSA) is 65.0 Å². The maximum Gasteiger partial charge on any atom is 0.164 e. The highest BCUT2D eigenvalue weighted by Gasteiger charge is 2.46. The number of furan rings is 2. The van der Waals surface area contributed by atoms with Gasteiger partial charge in [-0.1, -0.05) is 176 Å². The Bertz CT molecular complexity index is 3700. The summed E-state index contributed by atoms with van der Waals surface area (Å²) in [6.07, 6.45) is 0. The number of benzene rings is 9. The van der Waals surface area contributed by atoms with E-state index in [2.05, 4.69) is 146 Å². The van der Waals surface area contributed by atoms with Gasteiger partial charge in [0.1, 0.15) is 22.3 Å². The van der Waals surface area contributed by atoms with Gasteiger partial charge < -0.3 is 8.83 Å². The minimum absolute atomic E-state index is 0.494. The molecule has 0 fully saturated rings. The molecule has 9 aromatic carbocycles. The van der Waals surface area contributed by atoms with Crippen molar-refractivity contribution in [3.63, 3.8) is 0 Å². The monoisotopic (exact) mass is 805 g/mol. The van der Waals surface area contributed by atoms with E-state index in [4.69, 9.17) is 23.8 Å². The fourth-order valence-corrected chi connectivity index (χ4v) is 10.1. The average molecular weight is 806 g/mol. The Morgan fingerprint density at radius 2 is 0.873 bits per heavy atom. The second kappa shape index (κ2) is 13.8. The van der Waals surface area contributed by atoms with Crippen molar-refractivity contribution in [3.05, 3.63) is 235 Å². The first-order chi connectivity index (χ1) is 31.2. The molecular weight excluding hydrogens is 771 g/mol. The fourth-order valence-electron chi connectivity index (χ4n) is 10.1. The van der Waals surface area contributed by atoms with E-state index in [9.17, 15) is 0 Å². The molecule has 13 rings (SSSR count). The Hall–Kier alpha value is -8.41. The first-order valence-electron chi connectivity index (χ1n) is 21.3. The normalized spacial score (nSPS) is 12.9. The third-order valence-electron chi connectivity index (χ3n) is 12.8. The van der Waals surface area contributed by atoms with E-state index >= 15 is 0 Å². The number of para-hydroxylation sites is 1. The minimum atomic E-state index is -0.494. The molecule has 1 aliphatic rings. The molecule has 3 aromatic heterocycles. The Balaban J connectivity index is 1.02. The van der Waals surface area contributed by atoms with Crippen molar-refractivity contribution in [1.29, 1.82) is 0 Å². The standard InChI is InChI=1S/C58H35N3O2/c1-4-16-36(17-5-1)55-59-56(38-30-32-43-42-22-11-13-28-49(42)63-52(43)35-38)61-57(60-55)45-25-15-29-51-54(45)46-34-37(31-33-50(46)62-51)41-24-14-27-48-53(41)44-23-10-12-26-47(44)58(48,39-18-6-2-7-19-39)40-20-8-3-9-21-40/h1-35H. The summed E-state index contributed by atoms with van der Waals surface area (Å²) in [6.45, 7) is 0. The smallest absolute Gasteiger partial charge is 0.164 e. The zero-order valence-electron chi connectivity index (χ0n) is 33.9. The van der Waals surface area contributed by atoms with Crippen LogP contribution >= 0.6 is 0 Å². The summed E-state index contributed by atoms with van der Waals surface area (Å²) in [5.41, 5.74) is 15.1. The molecule has 12 aromatic rings. The molecule has 5 nitrogen and oxygen atoms in total. The van der Waals surface area contributed by atoms with Crippen LogP contribution in [0.1, 0.15) is 22.3 Å². The van der Waals surface area contributed by atoms with Crippen LogP contribution in [0, 0.1) is 0 Å². The molecule has 0 N–H and O–H groups in total. The maximum absolute atomic E-state index is 6.63. The molecular formula is C58H35N3O2. The SMILES string of the molecule is c1ccc(-c2nc(-c3ccc4c(c3)oc3ccccc34)nc(-c3cccc4oc5ccc(-c6cccc7c6-c6ccccc6C7(c6ccccc6)c6ccccc6)cc5c34)n2)cc1. The van der Waals surface area contributed by atoms with E-state index in [0.29, 0.717) is 17.5 Å². The lowest BCUT2D eigenvalue weighted by Gasteiger charge is -2.34. The molecule has 0 amide bonds. The molecule has 0 radical (unpaired) electrons. The van der Waals surface area contributed by atoms with Crippen LogP contribution in [-0.4, -0.2) is 15.0 Å². The van der Waals surface area contributed by atoms with Crippen LogP contribution in [0.2, 0.25) is 0 Å². The van der Waals surface area contributed by atoms with Crippen LogP contribution in [0.15, 0.2) is 221 Å². The first-order valence-corrected chi connectivity index (χ1v) is 21.3. The third-order valence-corrected chi connectivity index (χ3v) is 12.8. The van der Waals surface area contributed by atoms with E-state index in [1.54, 1.807) is 0 Å². The summed E-state index contributed by atoms with van der Waals surface area (Å²) < 4.78 is 12.9. The van der Waals surface area contributed by atoms with Gasteiger partial charge in [0.15, 0.2) is 17.5 Å². The highest BCUT2D eigenvalue weighted by Crippen LogP contribution is 2.58. The van der Waals surface area contributed by atoms with Gasteiger partial charge in [0.25, 0.3) is 0 Å². The third kappa shape index (κ3) is 5.33. The lowest BCUT2D eigenvalue weighted by molar-refractivity contribution is 0.668. The Labute approximate surface area is 362 Å². The Kier molecular flexibility index (Phi) is 7.75. The van der Waals surface area contributed by atoms with Gasteiger partial charge in [-0.05, 0) is 80.9 Å². The number of nitrogens with zero attached hydrogens (tertiary/aromatic N) is 3. The number of hydrogen-bond donors (Lipinski definition) is 0. The van der Waals surface area contributed by atoms with Gasteiger partial charge in [0, 0.05) is 38.2 Å². The predicted octanol–water partition coefficient (Wildman–Crippen LogP) is 14.7. The molecule has 3 heterocycles. The molecule has 63 heavy (non-hydrogen) atoms. The van der Waals surface area contributed by atoms with Gasteiger partial charge in [-0.25, -0.2) is 15.0 Å². The quantitative estimate of drug-likeness (QED) is 0.167. The minimum Gasteiger partial charge on any atom is -0.456 e. The lowest BCUT2D eigenvalue weighted by atomic mass is 9.67. The predicted molar refractivity (Wildman–Crippen MR) is 253 cm³/mol. The summed E-state index contributed by atoms with van der Waals surface area (Å²) in [7, 11) is 0. The largest absolute Gasteiger partial charge is 0.456 e. The zero-order valence-corrected chi connectivity index (χ0v) is 33.9. The molecule has 0 saturated heterocycles. The number of aromatic nitrogens is 3.